The normalized spacial score (nSPS) is 20.8. The predicted octanol–water partition coefficient (Wildman–Crippen LogP) is 5.02. The molecule has 11 heteroatoms. The molecule has 2 aromatic heterocycles. The third-order valence-electron chi connectivity index (χ3n) is 8.64. The Morgan fingerprint density at radius 1 is 1.30 bits per heavy atom. The standard InChI is InChI=1S/C29H36Cl2N8O/c1-19(22-9-8-21(30)13-23(22)31)39-28-27(24(14-32)35-39)33-15-25(34-28)38-16-20(17-38)29(2)10-6-12-37(18-29)11-5-7-26(40)36(3)4/h8-9,13,15,19-20H,5-7,10-12,16-18H2,1-4H3/t19-,29+/m1/s1. The van der Waals surface area contributed by atoms with Gasteiger partial charge in [-0.3, -0.25) is 4.79 Å². The highest BCUT2D eigenvalue weighted by Crippen LogP contribution is 2.43. The van der Waals surface area contributed by atoms with Crippen molar-refractivity contribution in [2.75, 3.05) is 51.7 Å². The van der Waals surface area contributed by atoms with E-state index in [-0.39, 0.29) is 23.1 Å². The van der Waals surface area contributed by atoms with Gasteiger partial charge in [-0.1, -0.05) is 36.2 Å². The Bertz CT molecular complexity index is 1440. The third-order valence-corrected chi connectivity index (χ3v) is 9.20. The number of piperidine rings is 1. The average molecular weight is 584 g/mol. The fourth-order valence-corrected chi connectivity index (χ4v) is 6.62. The number of carbonyl (C=O) groups excluding carboxylic acids is 1. The van der Waals surface area contributed by atoms with E-state index in [1.165, 1.54) is 12.8 Å². The minimum Gasteiger partial charge on any atom is -0.355 e. The van der Waals surface area contributed by atoms with Crippen LogP contribution in [-0.4, -0.2) is 82.3 Å². The maximum Gasteiger partial charge on any atom is 0.222 e. The number of hydrogen-bond acceptors (Lipinski definition) is 7. The lowest BCUT2D eigenvalue weighted by atomic mass is 9.68. The van der Waals surface area contributed by atoms with Crippen molar-refractivity contribution in [2.24, 2.45) is 11.3 Å². The van der Waals surface area contributed by atoms with Crippen LogP contribution in [0.3, 0.4) is 0 Å². The lowest BCUT2D eigenvalue weighted by Gasteiger charge is -2.53. The number of amides is 1. The summed E-state index contributed by atoms with van der Waals surface area (Å²) in [5, 5.41) is 15.3. The predicted molar refractivity (Wildman–Crippen MR) is 158 cm³/mol. The number of nitriles is 1. The van der Waals surface area contributed by atoms with Gasteiger partial charge in [0.05, 0.1) is 12.2 Å². The van der Waals surface area contributed by atoms with Crippen LogP contribution in [0.4, 0.5) is 5.82 Å². The largest absolute Gasteiger partial charge is 0.355 e. The summed E-state index contributed by atoms with van der Waals surface area (Å²) in [6.07, 6.45) is 5.65. The molecule has 0 N–H and O–H groups in total. The lowest BCUT2D eigenvalue weighted by molar-refractivity contribution is -0.128. The number of fused-ring (bicyclic) bond motifs is 1. The first-order chi connectivity index (χ1) is 19.1. The average Bonchev–Trinajstić information content (AvgIpc) is 3.25. The van der Waals surface area contributed by atoms with Crippen LogP contribution in [-0.2, 0) is 4.79 Å². The molecule has 0 bridgehead atoms. The van der Waals surface area contributed by atoms with Crippen LogP contribution < -0.4 is 4.90 Å². The van der Waals surface area contributed by atoms with E-state index >= 15 is 0 Å². The van der Waals surface area contributed by atoms with Crippen molar-refractivity contribution in [3.8, 4) is 6.07 Å². The van der Waals surface area contributed by atoms with E-state index < -0.39 is 0 Å². The molecular formula is C29H36Cl2N8O. The molecule has 2 atom stereocenters. The number of likely N-dealkylation sites (tertiary alicyclic amines) is 1. The number of anilines is 1. The van der Waals surface area contributed by atoms with Crippen LogP contribution >= 0.6 is 23.2 Å². The molecule has 3 aromatic rings. The van der Waals surface area contributed by atoms with Crippen LogP contribution in [0.1, 0.15) is 56.8 Å². The van der Waals surface area contributed by atoms with Crippen molar-refractivity contribution < 1.29 is 4.79 Å². The van der Waals surface area contributed by atoms with E-state index in [0.717, 1.165) is 50.5 Å². The summed E-state index contributed by atoms with van der Waals surface area (Å²) in [5.41, 5.74) is 2.38. The molecule has 2 aliphatic heterocycles. The molecule has 212 valence electrons. The highest BCUT2D eigenvalue weighted by atomic mass is 35.5. The maximum absolute atomic E-state index is 12.0. The molecule has 2 aliphatic rings. The summed E-state index contributed by atoms with van der Waals surface area (Å²) in [7, 11) is 3.63. The lowest BCUT2D eigenvalue weighted by Crippen LogP contribution is -2.58. The van der Waals surface area contributed by atoms with E-state index in [4.69, 9.17) is 28.2 Å². The van der Waals surface area contributed by atoms with Gasteiger partial charge in [0, 0.05) is 56.1 Å². The second kappa shape index (κ2) is 11.5. The van der Waals surface area contributed by atoms with Gasteiger partial charge < -0.3 is 14.7 Å². The van der Waals surface area contributed by atoms with Gasteiger partial charge >= 0.3 is 0 Å². The minimum absolute atomic E-state index is 0.196. The number of aromatic nitrogens is 4. The van der Waals surface area contributed by atoms with Crippen LogP contribution in [0, 0.1) is 22.7 Å². The SMILES string of the molecule is C[C@H](c1ccc(Cl)cc1Cl)n1nc(C#N)c2ncc(N3CC([C@@]4(C)CCCN(CCCC(=O)N(C)C)C4)C3)nc21. The number of halogens is 2. The number of nitrogens with zero attached hydrogens (tertiary/aromatic N) is 8. The summed E-state index contributed by atoms with van der Waals surface area (Å²) >= 11 is 12.6. The highest BCUT2D eigenvalue weighted by molar-refractivity contribution is 6.35. The number of benzene rings is 1. The molecule has 2 saturated heterocycles. The van der Waals surface area contributed by atoms with Crippen molar-refractivity contribution in [2.45, 2.75) is 45.6 Å². The third kappa shape index (κ3) is 5.63. The van der Waals surface area contributed by atoms with Crippen molar-refractivity contribution >= 4 is 46.1 Å². The molecule has 5 rings (SSSR count). The zero-order valence-corrected chi connectivity index (χ0v) is 25.1. The first-order valence-corrected chi connectivity index (χ1v) is 14.6. The van der Waals surface area contributed by atoms with Gasteiger partial charge in [-0.05, 0) is 62.4 Å². The first-order valence-electron chi connectivity index (χ1n) is 13.9. The Morgan fingerprint density at radius 2 is 2.08 bits per heavy atom. The van der Waals surface area contributed by atoms with Crippen LogP contribution in [0.2, 0.25) is 10.0 Å². The van der Waals surface area contributed by atoms with Crippen molar-refractivity contribution in [1.29, 1.82) is 5.26 Å². The van der Waals surface area contributed by atoms with E-state index in [1.807, 2.05) is 27.1 Å². The van der Waals surface area contributed by atoms with Gasteiger partial charge in [-0.25, -0.2) is 14.6 Å². The molecule has 1 amide bonds. The highest BCUT2D eigenvalue weighted by Gasteiger charge is 2.44. The Balaban J connectivity index is 1.29. The van der Waals surface area contributed by atoms with Crippen LogP contribution in [0.5, 0.6) is 0 Å². The topological polar surface area (TPSA) is 94.2 Å². The fourth-order valence-electron chi connectivity index (χ4n) is 6.05. The molecule has 0 saturated carbocycles. The van der Waals surface area contributed by atoms with Gasteiger partial charge in [-0.15, -0.1) is 0 Å². The van der Waals surface area contributed by atoms with E-state index in [0.29, 0.717) is 33.5 Å². The summed E-state index contributed by atoms with van der Waals surface area (Å²) in [4.78, 5) is 28.0. The zero-order valence-electron chi connectivity index (χ0n) is 23.6. The summed E-state index contributed by atoms with van der Waals surface area (Å²) in [6.45, 7) is 9.35. The van der Waals surface area contributed by atoms with Gasteiger partial charge in [0.15, 0.2) is 11.3 Å². The fraction of sp³-hybridized carbons (Fsp3) is 0.552. The Kier molecular flexibility index (Phi) is 8.23. The molecule has 0 radical (unpaired) electrons. The molecule has 2 fully saturated rings. The van der Waals surface area contributed by atoms with E-state index in [9.17, 15) is 10.1 Å². The summed E-state index contributed by atoms with van der Waals surface area (Å²) < 4.78 is 1.73. The monoisotopic (exact) mass is 582 g/mol. The molecular weight excluding hydrogens is 547 g/mol. The number of hydrogen-bond donors (Lipinski definition) is 0. The van der Waals surface area contributed by atoms with Gasteiger partial charge in [-0.2, -0.15) is 10.4 Å². The van der Waals surface area contributed by atoms with Gasteiger partial charge in [0.1, 0.15) is 17.4 Å². The smallest absolute Gasteiger partial charge is 0.222 e. The number of rotatable bonds is 8. The summed E-state index contributed by atoms with van der Waals surface area (Å²) in [6, 6.07) is 7.27. The number of carbonyl (C=O) groups is 1. The van der Waals surface area contributed by atoms with E-state index in [2.05, 4.69) is 32.9 Å². The Hall–Kier alpha value is -2.93. The Morgan fingerprint density at radius 3 is 2.77 bits per heavy atom. The van der Waals surface area contributed by atoms with Crippen molar-refractivity contribution in [3.63, 3.8) is 0 Å². The molecule has 1 aromatic carbocycles. The minimum atomic E-state index is -0.261. The molecule has 4 heterocycles. The quantitative estimate of drug-likeness (QED) is 0.368. The second-order valence-corrected chi connectivity index (χ2v) is 12.5. The second-order valence-electron chi connectivity index (χ2n) is 11.7. The molecule has 0 unspecified atom stereocenters. The Labute approximate surface area is 245 Å². The molecule has 0 spiro atoms. The van der Waals surface area contributed by atoms with Crippen LogP contribution in [0.25, 0.3) is 11.2 Å². The first kappa shape index (κ1) is 28.6. The maximum atomic E-state index is 12.0. The van der Waals surface area contributed by atoms with Gasteiger partial charge in [0.2, 0.25) is 5.91 Å². The van der Waals surface area contributed by atoms with Crippen molar-refractivity contribution in [1.82, 2.24) is 29.5 Å². The van der Waals surface area contributed by atoms with Crippen molar-refractivity contribution in [3.05, 3.63) is 45.7 Å². The molecule has 40 heavy (non-hydrogen) atoms. The molecule has 9 nitrogen and oxygen atoms in total. The van der Waals surface area contributed by atoms with Crippen LogP contribution in [0.15, 0.2) is 24.4 Å². The summed E-state index contributed by atoms with van der Waals surface area (Å²) in [5.74, 6) is 1.55. The zero-order chi connectivity index (χ0) is 28.6. The van der Waals surface area contributed by atoms with Gasteiger partial charge in [0.25, 0.3) is 0 Å². The molecule has 0 aliphatic carbocycles. The van der Waals surface area contributed by atoms with E-state index in [1.54, 1.807) is 27.9 Å².